The van der Waals surface area contributed by atoms with Crippen molar-refractivity contribution < 1.29 is 4.42 Å². The fraction of sp³-hybridized carbons (Fsp3) is 0.474. The number of furan rings is 1. The van der Waals surface area contributed by atoms with Crippen LogP contribution in [0.3, 0.4) is 0 Å². The third-order valence-electron chi connectivity index (χ3n) is 4.33. The van der Waals surface area contributed by atoms with E-state index in [1.54, 1.807) is 6.26 Å². The molecule has 2 nitrogen and oxygen atoms in total. The van der Waals surface area contributed by atoms with Gasteiger partial charge in [-0.05, 0) is 47.6 Å². The molecule has 0 bridgehead atoms. The Hall–Kier alpha value is -1.54. The second kappa shape index (κ2) is 6.95. The smallest absolute Gasteiger partial charge is 0.108 e. The zero-order valence-electron chi connectivity index (χ0n) is 13.7. The molecular formula is C19H27NO. The molecule has 1 atom stereocenters. The van der Waals surface area contributed by atoms with E-state index in [4.69, 9.17) is 10.2 Å². The summed E-state index contributed by atoms with van der Waals surface area (Å²) >= 11 is 0. The van der Waals surface area contributed by atoms with Gasteiger partial charge < -0.3 is 10.2 Å². The SMILES string of the molecule is CCc1cc(CC)c(C(N)c2ccoc2CC)c(CC)c1. The molecule has 114 valence electrons. The average Bonchev–Trinajstić information content (AvgIpc) is 3.01. The third-order valence-corrected chi connectivity index (χ3v) is 4.33. The summed E-state index contributed by atoms with van der Waals surface area (Å²) in [6.45, 7) is 8.73. The van der Waals surface area contributed by atoms with Crippen LogP contribution >= 0.6 is 0 Å². The van der Waals surface area contributed by atoms with E-state index in [1.165, 1.54) is 22.3 Å². The van der Waals surface area contributed by atoms with Crippen molar-refractivity contribution in [2.24, 2.45) is 5.73 Å². The van der Waals surface area contributed by atoms with Gasteiger partial charge in [0.15, 0.2) is 0 Å². The van der Waals surface area contributed by atoms with Gasteiger partial charge in [-0.1, -0.05) is 39.8 Å². The number of hydrogen-bond donors (Lipinski definition) is 1. The van der Waals surface area contributed by atoms with Gasteiger partial charge in [0.25, 0.3) is 0 Å². The topological polar surface area (TPSA) is 39.2 Å². The average molecular weight is 285 g/mol. The highest BCUT2D eigenvalue weighted by atomic mass is 16.3. The number of nitrogens with two attached hydrogens (primary N) is 1. The first-order valence-electron chi connectivity index (χ1n) is 8.12. The Morgan fingerprint density at radius 3 is 2.05 bits per heavy atom. The maximum Gasteiger partial charge on any atom is 0.108 e. The lowest BCUT2D eigenvalue weighted by molar-refractivity contribution is 0.508. The van der Waals surface area contributed by atoms with Crippen LogP contribution in [-0.4, -0.2) is 0 Å². The van der Waals surface area contributed by atoms with E-state index in [0.29, 0.717) is 0 Å². The maximum absolute atomic E-state index is 6.62. The second-order valence-electron chi connectivity index (χ2n) is 5.52. The molecule has 2 N–H and O–H groups in total. The molecule has 1 aromatic carbocycles. The van der Waals surface area contributed by atoms with Crippen molar-refractivity contribution in [2.75, 3.05) is 0 Å². The van der Waals surface area contributed by atoms with Crippen molar-refractivity contribution in [1.29, 1.82) is 0 Å². The van der Waals surface area contributed by atoms with Gasteiger partial charge in [-0.3, -0.25) is 0 Å². The standard InChI is InChI=1S/C19H27NO/c1-5-13-11-14(6-2)18(15(7-3)12-13)19(20)16-9-10-21-17(16)8-4/h9-12,19H,5-8,20H2,1-4H3. The second-order valence-corrected chi connectivity index (χ2v) is 5.52. The fourth-order valence-electron chi connectivity index (χ4n) is 3.11. The van der Waals surface area contributed by atoms with Crippen LogP contribution in [0, 0.1) is 0 Å². The van der Waals surface area contributed by atoms with Crippen molar-refractivity contribution in [3.63, 3.8) is 0 Å². The van der Waals surface area contributed by atoms with Gasteiger partial charge in [0.1, 0.15) is 5.76 Å². The minimum atomic E-state index is -0.0884. The molecule has 0 amide bonds. The first-order chi connectivity index (χ1) is 10.2. The van der Waals surface area contributed by atoms with Gasteiger partial charge >= 0.3 is 0 Å². The molecule has 2 heteroatoms. The molecule has 0 radical (unpaired) electrons. The molecule has 1 aromatic heterocycles. The Morgan fingerprint density at radius 1 is 0.952 bits per heavy atom. The van der Waals surface area contributed by atoms with E-state index in [-0.39, 0.29) is 6.04 Å². The normalized spacial score (nSPS) is 12.6. The summed E-state index contributed by atoms with van der Waals surface area (Å²) in [5, 5.41) is 0. The van der Waals surface area contributed by atoms with Crippen LogP contribution in [0.2, 0.25) is 0 Å². The van der Waals surface area contributed by atoms with Gasteiger partial charge in [-0.15, -0.1) is 0 Å². The van der Waals surface area contributed by atoms with Crippen LogP contribution in [0.4, 0.5) is 0 Å². The molecular weight excluding hydrogens is 258 g/mol. The monoisotopic (exact) mass is 285 g/mol. The molecule has 2 rings (SSSR count). The zero-order valence-corrected chi connectivity index (χ0v) is 13.7. The molecule has 0 aliphatic rings. The minimum Gasteiger partial charge on any atom is -0.469 e. The van der Waals surface area contributed by atoms with Crippen LogP contribution in [0.1, 0.15) is 67.3 Å². The molecule has 0 saturated carbocycles. The lowest BCUT2D eigenvalue weighted by Gasteiger charge is -2.21. The van der Waals surface area contributed by atoms with Crippen molar-refractivity contribution in [3.8, 4) is 0 Å². The number of aryl methyl sites for hydroxylation is 4. The quantitative estimate of drug-likeness (QED) is 0.844. The molecule has 0 spiro atoms. The molecule has 1 unspecified atom stereocenters. The van der Waals surface area contributed by atoms with Gasteiger partial charge in [0, 0.05) is 12.0 Å². The Kier molecular flexibility index (Phi) is 5.24. The lowest BCUT2D eigenvalue weighted by Crippen LogP contribution is -2.17. The Morgan fingerprint density at radius 2 is 1.57 bits per heavy atom. The van der Waals surface area contributed by atoms with Gasteiger partial charge in [0.05, 0.1) is 12.3 Å². The first kappa shape index (κ1) is 15.8. The Bertz CT molecular complexity index is 572. The highest BCUT2D eigenvalue weighted by Crippen LogP contribution is 2.31. The van der Waals surface area contributed by atoms with E-state index < -0.39 is 0 Å². The summed E-state index contributed by atoms with van der Waals surface area (Å²) in [7, 11) is 0. The Labute approximate surface area is 128 Å². The fourth-order valence-corrected chi connectivity index (χ4v) is 3.11. The van der Waals surface area contributed by atoms with Crippen LogP contribution in [0.5, 0.6) is 0 Å². The maximum atomic E-state index is 6.62. The number of rotatable bonds is 6. The van der Waals surface area contributed by atoms with E-state index in [0.717, 1.165) is 37.0 Å². The highest BCUT2D eigenvalue weighted by Gasteiger charge is 2.20. The van der Waals surface area contributed by atoms with Gasteiger partial charge in [0.2, 0.25) is 0 Å². The van der Waals surface area contributed by atoms with Crippen molar-refractivity contribution in [2.45, 2.75) is 59.4 Å². The largest absolute Gasteiger partial charge is 0.469 e. The summed E-state index contributed by atoms with van der Waals surface area (Å²) in [5.74, 6) is 1.01. The summed E-state index contributed by atoms with van der Waals surface area (Å²) in [5.41, 5.74) is 13.2. The highest BCUT2D eigenvalue weighted by molar-refractivity contribution is 5.46. The molecule has 0 fully saturated rings. The summed E-state index contributed by atoms with van der Waals surface area (Å²) in [6, 6.07) is 6.57. The lowest BCUT2D eigenvalue weighted by atomic mass is 9.86. The summed E-state index contributed by atoms with van der Waals surface area (Å²) in [6.07, 6.45) is 5.74. The van der Waals surface area contributed by atoms with Crippen molar-refractivity contribution in [1.82, 2.24) is 0 Å². The Balaban J connectivity index is 2.56. The number of benzene rings is 1. The molecule has 2 aromatic rings. The zero-order chi connectivity index (χ0) is 15.4. The summed E-state index contributed by atoms with van der Waals surface area (Å²) < 4.78 is 5.57. The molecule has 0 saturated heterocycles. The van der Waals surface area contributed by atoms with Crippen molar-refractivity contribution >= 4 is 0 Å². The molecule has 0 aliphatic heterocycles. The van der Waals surface area contributed by atoms with E-state index in [1.807, 2.05) is 6.07 Å². The molecule has 21 heavy (non-hydrogen) atoms. The predicted octanol–water partition coefficient (Wildman–Crippen LogP) is 4.58. The van der Waals surface area contributed by atoms with Crippen LogP contribution in [0.15, 0.2) is 28.9 Å². The van der Waals surface area contributed by atoms with Gasteiger partial charge in [-0.2, -0.15) is 0 Å². The van der Waals surface area contributed by atoms with Gasteiger partial charge in [-0.25, -0.2) is 0 Å². The molecule has 0 aliphatic carbocycles. The van der Waals surface area contributed by atoms with Crippen LogP contribution in [-0.2, 0) is 25.7 Å². The van der Waals surface area contributed by atoms with Crippen LogP contribution < -0.4 is 5.73 Å². The molecule has 1 heterocycles. The van der Waals surface area contributed by atoms with Crippen molar-refractivity contribution in [3.05, 3.63) is 58.0 Å². The summed E-state index contributed by atoms with van der Waals surface area (Å²) in [4.78, 5) is 0. The van der Waals surface area contributed by atoms with E-state index >= 15 is 0 Å². The predicted molar refractivity (Wildman–Crippen MR) is 88.7 cm³/mol. The van der Waals surface area contributed by atoms with E-state index in [2.05, 4.69) is 39.8 Å². The first-order valence-corrected chi connectivity index (χ1v) is 8.12. The van der Waals surface area contributed by atoms with E-state index in [9.17, 15) is 0 Å². The van der Waals surface area contributed by atoms with Crippen LogP contribution in [0.25, 0.3) is 0 Å². The number of hydrogen-bond acceptors (Lipinski definition) is 2. The minimum absolute atomic E-state index is 0.0884. The third kappa shape index (κ3) is 3.06.